The van der Waals surface area contributed by atoms with Crippen molar-refractivity contribution in [3.8, 4) is 0 Å². The number of carbonyl (C=O) groups excluding carboxylic acids is 1. The van der Waals surface area contributed by atoms with Gasteiger partial charge in [-0.15, -0.1) is 0 Å². The highest BCUT2D eigenvalue weighted by atomic mass is 32.2. The van der Waals surface area contributed by atoms with E-state index in [-0.39, 0.29) is 10.8 Å². The van der Waals surface area contributed by atoms with Crippen LogP contribution in [0.15, 0.2) is 77.7 Å². The van der Waals surface area contributed by atoms with Crippen LogP contribution >= 0.6 is 0 Å². The van der Waals surface area contributed by atoms with E-state index in [4.69, 9.17) is 4.74 Å². The van der Waals surface area contributed by atoms with Crippen LogP contribution in [0.1, 0.15) is 10.4 Å². The van der Waals surface area contributed by atoms with Crippen LogP contribution in [0.3, 0.4) is 0 Å². The van der Waals surface area contributed by atoms with Crippen molar-refractivity contribution in [3.63, 3.8) is 0 Å². The second-order valence-electron chi connectivity index (χ2n) is 10.7. The molecule has 0 bridgehead atoms. The average Bonchev–Trinajstić information content (AvgIpc) is 3.02. The molecule has 0 aliphatic carbocycles. The van der Waals surface area contributed by atoms with E-state index in [9.17, 15) is 13.2 Å². The molecule has 2 aliphatic heterocycles. The van der Waals surface area contributed by atoms with Gasteiger partial charge in [-0.3, -0.25) is 14.0 Å². The lowest BCUT2D eigenvalue weighted by Crippen LogP contribution is -2.45. The van der Waals surface area contributed by atoms with E-state index in [1.54, 1.807) is 31.3 Å². The number of hydrogen-bond donors (Lipinski definition) is 2. The molecule has 2 fully saturated rings. The van der Waals surface area contributed by atoms with Crippen molar-refractivity contribution in [3.05, 3.63) is 78.4 Å². The molecular weight excluding hydrogens is 552 g/mol. The minimum absolute atomic E-state index is 0.0620. The number of sulfonamides is 1. The van der Waals surface area contributed by atoms with Gasteiger partial charge in [0.1, 0.15) is 4.90 Å². The number of para-hydroxylation sites is 2. The summed E-state index contributed by atoms with van der Waals surface area (Å²) in [5, 5.41) is 6.39. The number of nitrogens with zero attached hydrogens (tertiary/aromatic N) is 4. The Morgan fingerprint density at radius 2 is 1.55 bits per heavy atom. The van der Waals surface area contributed by atoms with Crippen LogP contribution in [0, 0.1) is 0 Å². The molecule has 1 amide bonds. The minimum Gasteiger partial charge on any atom is -0.383 e. The molecule has 2 aliphatic rings. The van der Waals surface area contributed by atoms with Crippen LogP contribution < -0.4 is 19.8 Å². The maximum Gasteiger partial charge on any atom is 0.266 e. The fourth-order valence-electron chi connectivity index (χ4n) is 5.23. The van der Waals surface area contributed by atoms with Crippen LogP contribution in [-0.4, -0.2) is 104 Å². The molecule has 2 N–H and O–H groups in total. The molecular formula is C31H40N6O4S. The van der Waals surface area contributed by atoms with Crippen molar-refractivity contribution in [1.29, 1.82) is 0 Å². The summed E-state index contributed by atoms with van der Waals surface area (Å²) in [4.78, 5) is 20.6. The highest BCUT2D eigenvalue weighted by Crippen LogP contribution is 2.35. The van der Waals surface area contributed by atoms with Crippen molar-refractivity contribution in [2.45, 2.75) is 4.90 Å². The van der Waals surface area contributed by atoms with E-state index in [0.29, 0.717) is 48.1 Å². The summed E-state index contributed by atoms with van der Waals surface area (Å²) in [7, 11) is -0.413. The lowest BCUT2D eigenvalue weighted by Gasteiger charge is -2.35. The summed E-state index contributed by atoms with van der Waals surface area (Å²) in [6.07, 6.45) is 0. The number of nitrogens with one attached hydrogen (secondary N) is 2. The van der Waals surface area contributed by atoms with Crippen LogP contribution in [0.2, 0.25) is 0 Å². The number of piperazine rings is 1. The molecule has 10 nitrogen and oxygen atoms in total. The standard InChI is InChI=1S/C31H40N6O4S/c1-34-15-17-37(18-16-34)29-24-28(32-13-14-36-19-21-41-22-20-36)30(42(39,40)35(2)26-11-7-4-8-12-26)23-27(29)31(38)33-25-9-5-3-6-10-25/h3-12,23-24,32H,13-22H2,1-2H3,(H,33,38). The summed E-state index contributed by atoms with van der Waals surface area (Å²) < 4.78 is 35.1. The van der Waals surface area contributed by atoms with E-state index in [1.165, 1.54) is 10.4 Å². The van der Waals surface area contributed by atoms with Gasteiger partial charge in [-0.05, 0) is 43.4 Å². The topological polar surface area (TPSA) is 97.5 Å². The first-order valence-corrected chi connectivity index (χ1v) is 15.8. The molecule has 2 heterocycles. The molecule has 0 saturated carbocycles. The van der Waals surface area contributed by atoms with Crippen molar-refractivity contribution >= 4 is 38.7 Å². The van der Waals surface area contributed by atoms with Crippen molar-refractivity contribution in [1.82, 2.24) is 9.80 Å². The third kappa shape index (κ3) is 7.04. The number of rotatable bonds is 10. The number of likely N-dealkylation sites (N-methyl/N-ethyl adjacent to an activating group) is 1. The molecule has 3 aromatic rings. The highest BCUT2D eigenvalue weighted by molar-refractivity contribution is 7.93. The number of hydrogen-bond acceptors (Lipinski definition) is 8. The lowest BCUT2D eigenvalue weighted by molar-refractivity contribution is 0.0398. The summed E-state index contributed by atoms with van der Waals surface area (Å²) in [5.41, 5.74) is 2.70. The first-order valence-electron chi connectivity index (χ1n) is 14.4. The fraction of sp³-hybridized carbons (Fsp3) is 0.387. The Hall–Kier alpha value is -3.64. The average molecular weight is 593 g/mol. The van der Waals surface area contributed by atoms with Gasteiger partial charge in [0, 0.05) is 65.1 Å². The molecule has 3 aromatic carbocycles. The van der Waals surface area contributed by atoms with E-state index >= 15 is 0 Å². The molecule has 0 atom stereocenters. The maximum absolute atomic E-state index is 14.2. The summed E-state index contributed by atoms with van der Waals surface area (Å²) in [5.74, 6) is -0.353. The quantitative estimate of drug-likeness (QED) is 0.371. The Morgan fingerprint density at radius 3 is 2.21 bits per heavy atom. The van der Waals surface area contributed by atoms with Crippen molar-refractivity contribution in [2.24, 2.45) is 0 Å². The van der Waals surface area contributed by atoms with Gasteiger partial charge in [0.2, 0.25) is 0 Å². The smallest absolute Gasteiger partial charge is 0.266 e. The Kier molecular flexibility index (Phi) is 9.63. The number of benzene rings is 3. The number of morpholine rings is 1. The number of carbonyl (C=O) groups is 1. The number of anilines is 4. The third-order valence-electron chi connectivity index (χ3n) is 7.82. The zero-order valence-corrected chi connectivity index (χ0v) is 25.1. The van der Waals surface area contributed by atoms with Gasteiger partial charge >= 0.3 is 0 Å². The molecule has 2 saturated heterocycles. The van der Waals surface area contributed by atoms with Gasteiger partial charge in [0.05, 0.1) is 35.8 Å². The van der Waals surface area contributed by atoms with Gasteiger partial charge in [-0.2, -0.15) is 0 Å². The van der Waals surface area contributed by atoms with Gasteiger partial charge in [-0.25, -0.2) is 8.42 Å². The van der Waals surface area contributed by atoms with Crippen LogP contribution in [0.4, 0.5) is 22.7 Å². The molecule has 0 radical (unpaired) electrons. The first kappa shape index (κ1) is 29.8. The predicted octanol–water partition coefficient (Wildman–Crippen LogP) is 3.26. The third-order valence-corrected chi connectivity index (χ3v) is 9.65. The summed E-state index contributed by atoms with van der Waals surface area (Å²) in [6.45, 7) is 7.51. The van der Waals surface area contributed by atoms with E-state index in [0.717, 1.165) is 45.8 Å². The second kappa shape index (κ2) is 13.6. The number of ether oxygens (including phenoxy) is 1. The van der Waals surface area contributed by atoms with Crippen LogP contribution in [-0.2, 0) is 14.8 Å². The van der Waals surface area contributed by atoms with Crippen molar-refractivity contribution < 1.29 is 17.9 Å². The Balaban J connectivity index is 1.56. The Morgan fingerprint density at radius 1 is 0.905 bits per heavy atom. The summed E-state index contributed by atoms with van der Waals surface area (Å²) in [6, 6.07) is 21.6. The molecule has 0 spiro atoms. The largest absolute Gasteiger partial charge is 0.383 e. The molecule has 11 heteroatoms. The normalized spacial score (nSPS) is 16.7. The van der Waals surface area contributed by atoms with Crippen LogP contribution in [0.25, 0.3) is 0 Å². The van der Waals surface area contributed by atoms with E-state index in [1.807, 2.05) is 42.5 Å². The van der Waals surface area contributed by atoms with E-state index < -0.39 is 10.0 Å². The summed E-state index contributed by atoms with van der Waals surface area (Å²) >= 11 is 0. The molecule has 0 aromatic heterocycles. The van der Waals surface area contributed by atoms with Gasteiger partial charge in [-0.1, -0.05) is 36.4 Å². The molecule has 224 valence electrons. The molecule has 42 heavy (non-hydrogen) atoms. The Bertz CT molecular complexity index is 1440. The van der Waals surface area contributed by atoms with Crippen LogP contribution in [0.5, 0.6) is 0 Å². The fourth-order valence-corrected chi connectivity index (χ4v) is 6.60. The zero-order valence-electron chi connectivity index (χ0n) is 24.3. The zero-order chi connectivity index (χ0) is 29.5. The monoisotopic (exact) mass is 592 g/mol. The number of amides is 1. The van der Waals surface area contributed by atoms with Gasteiger partial charge in [0.25, 0.3) is 15.9 Å². The minimum atomic E-state index is -4.03. The maximum atomic E-state index is 14.2. The lowest BCUT2D eigenvalue weighted by atomic mass is 10.1. The van der Waals surface area contributed by atoms with Crippen molar-refractivity contribution in [2.75, 3.05) is 99.5 Å². The predicted molar refractivity (Wildman–Crippen MR) is 168 cm³/mol. The highest BCUT2D eigenvalue weighted by Gasteiger charge is 2.30. The van der Waals surface area contributed by atoms with Gasteiger partial charge in [0.15, 0.2) is 0 Å². The van der Waals surface area contributed by atoms with Gasteiger partial charge < -0.3 is 25.2 Å². The first-order chi connectivity index (χ1) is 20.3. The molecule has 5 rings (SSSR count). The SMILES string of the molecule is CN1CCN(c2cc(NCCN3CCOCC3)c(S(=O)(=O)N(C)c3ccccc3)cc2C(=O)Nc2ccccc2)CC1. The van der Waals surface area contributed by atoms with E-state index in [2.05, 4.69) is 32.4 Å². The molecule has 0 unspecified atom stereocenters. The Labute approximate surface area is 248 Å². The second-order valence-corrected chi connectivity index (χ2v) is 12.6.